The Kier molecular flexibility index (Phi) is 26.7. The number of amides is 2. The quantitative estimate of drug-likeness (QED) is 0.0225. The van der Waals surface area contributed by atoms with Crippen LogP contribution in [0.3, 0.4) is 0 Å². The number of nitrogen functional groups attached to an aromatic ring is 1. The number of imidazole rings is 1. The second-order valence-corrected chi connectivity index (χ2v) is 21.4. The van der Waals surface area contributed by atoms with Gasteiger partial charge in [0.15, 0.2) is 17.7 Å². The van der Waals surface area contributed by atoms with Gasteiger partial charge in [-0.05, 0) is 44.6 Å². The highest BCUT2D eigenvalue weighted by Gasteiger charge is 2.47. The largest absolute Gasteiger partial charge is 0.790 e. The first-order valence-corrected chi connectivity index (χ1v) is 27.8. The van der Waals surface area contributed by atoms with Crippen LogP contribution < -0.4 is 35.9 Å². The lowest BCUT2D eigenvalue weighted by atomic mass is 9.87. The molecule has 1 saturated heterocycles. The molecule has 2 aromatic heterocycles. The number of nitrogens with one attached hydrogen (secondary N) is 2. The van der Waals surface area contributed by atoms with E-state index < -0.39 is 84.6 Å². The molecule has 0 radical (unpaired) electrons. The van der Waals surface area contributed by atoms with Crippen LogP contribution in [0, 0.1) is 5.41 Å². The second kappa shape index (κ2) is 30.9. The van der Waals surface area contributed by atoms with Gasteiger partial charge < -0.3 is 69.0 Å². The first-order chi connectivity index (χ1) is 33.6. The van der Waals surface area contributed by atoms with Gasteiger partial charge in [0, 0.05) is 30.7 Å². The molecule has 0 saturated carbocycles. The lowest BCUT2D eigenvalue weighted by Gasteiger charge is -2.36. The number of hydrogen-bond acceptors (Lipinski definition) is 22. The van der Waals surface area contributed by atoms with E-state index in [-0.39, 0.29) is 47.4 Å². The van der Waals surface area contributed by atoms with Crippen LogP contribution >= 0.6 is 35.2 Å². The summed E-state index contributed by atoms with van der Waals surface area (Å²) in [6, 6.07) is 0. The van der Waals surface area contributed by atoms with E-state index in [0.717, 1.165) is 61.1 Å². The Morgan fingerprint density at radius 1 is 0.901 bits per heavy atom. The Hall–Kier alpha value is -4.00. The van der Waals surface area contributed by atoms with Crippen LogP contribution in [0.5, 0.6) is 0 Å². The molecule has 2 amide bonds. The van der Waals surface area contributed by atoms with Crippen molar-refractivity contribution in [2.45, 2.75) is 109 Å². The maximum absolute atomic E-state index is 12.6. The van der Waals surface area contributed by atoms with E-state index in [2.05, 4.69) is 92.9 Å². The number of aromatic nitrogens is 4. The average Bonchev–Trinajstić information content (AvgIpc) is 3.86. The van der Waals surface area contributed by atoms with Crippen LogP contribution in [-0.2, 0) is 50.7 Å². The molecule has 7 atom stereocenters. The maximum atomic E-state index is 12.6. The number of allylic oxidation sites excluding steroid dienone is 11. The molecule has 396 valence electrons. The van der Waals surface area contributed by atoms with Gasteiger partial charge in [-0.3, -0.25) is 28.1 Å². The van der Waals surface area contributed by atoms with Gasteiger partial charge >= 0.3 is 0 Å². The Labute approximate surface area is 416 Å². The van der Waals surface area contributed by atoms with E-state index in [9.17, 15) is 57.9 Å². The Bertz CT molecular complexity index is 2360. The number of ether oxygens (including phenoxy) is 1. The minimum absolute atomic E-state index is 0.0237. The zero-order chi connectivity index (χ0) is 52.5. The van der Waals surface area contributed by atoms with Crippen LogP contribution in [0.4, 0.5) is 5.82 Å². The van der Waals surface area contributed by atoms with Gasteiger partial charge in [0.2, 0.25) is 16.9 Å². The Balaban J connectivity index is 1.31. The van der Waals surface area contributed by atoms with Crippen molar-refractivity contribution in [3.63, 3.8) is 0 Å². The van der Waals surface area contributed by atoms with Crippen molar-refractivity contribution in [3.05, 3.63) is 85.6 Å². The number of phosphoric ester groups is 3. The zero-order valence-corrected chi connectivity index (χ0v) is 43.0. The third-order valence-corrected chi connectivity index (χ3v) is 13.8. The van der Waals surface area contributed by atoms with Gasteiger partial charge in [-0.1, -0.05) is 112 Å². The summed E-state index contributed by atoms with van der Waals surface area (Å²) in [7, 11) is -17.6. The number of fused-ring (bicyclic) bond motifs is 1. The molecule has 0 aliphatic carbocycles. The first kappa shape index (κ1) is 61.3. The number of carbonyl (C=O) groups is 3. The van der Waals surface area contributed by atoms with Gasteiger partial charge in [-0.25, -0.2) is 19.3 Å². The smallest absolute Gasteiger partial charge is 0.274 e. The van der Waals surface area contributed by atoms with Gasteiger partial charge in [0.25, 0.3) is 15.6 Å². The zero-order valence-electron chi connectivity index (χ0n) is 39.5. The average molecular weight is 1070 g/mol. The summed E-state index contributed by atoms with van der Waals surface area (Å²) >= 11 is 0.998. The SMILES string of the molecule is CCCCC/C=C\C/C=C\C/C=C\C/C=C\C/C=C\C=C\C(=O)SCCNC(=O)CCNC(=O)[C@H](O)C(C)(C)COP(=O)([O-])OP(=O)([O-])OC[C@H]1O[C@@H](n2cnc3c(N)ncnc32)[C@H](O)[C@@H]1OP(=O)([O-])[O-]. The molecule has 1 fully saturated rings. The molecule has 1 aliphatic rings. The number of aliphatic hydroxyl groups excluding tert-OH is 2. The van der Waals surface area contributed by atoms with Crippen LogP contribution in [0.1, 0.15) is 84.8 Å². The molecular weight excluding hydrogens is 1010 g/mol. The van der Waals surface area contributed by atoms with E-state index in [1.807, 2.05) is 12.2 Å². The van der Waals surface area contributed by atoms with Crippen molar-refractivity contribution >= 4 is 69.1 Å². The van der Waals surface area contributed by atoms with Crippen LogP contribution in [0.15, 0.2) is 85.6 Å². The van der Waals surface area contributed by atoms with Crippen molar-refractivity contribution in [1.29, 1.82) is 0 Å². The minimum atomic E-state index is -5.93. The number of hydrogen-bond donors (Lipinski definition) is 5. The number of phosphoric acid groups is 3. The van der Waals surface area contributed by atoms with Crippen molar-refractivity contribution in [1.82, 2.24) is 30.2 Å². The lowest BCUT2D eigenvalue weighted by Crippen LogP contribution is -2.46. The summed E-state index contributed by atoms with van der Waals surface area (Å²) in [5.74, 6) is -1.30. The fraction of sp³-hybridized carbons (Fsp3) is 0.535. The second-order valence-electron chi connectivity index (χ2n) is 16.3. The standard InChI is InChI=1S/C43H66N7O17P3S/c1-4-5-6-7-8-9-10-11-12-13-14-15-16-17-18-19-20-21-22-23-34(52)71-27-26-45-33(51)24-25-46-41(55)38(54)43(2,3)29-64-70(61,62)67-69(59,60)63-28-32-37(66-68(56,57)58)36(53)42(65-32)50-31-49-35-39(44)47-30-48-40(35)50/h8-9,11-12,14-15,17-18,20-23,30-32,36-38,42,53-54H,4-7,10,13,16,19,24-29H2,1-3H3,(H,45,51)(H,46,55)(H,59,60)(H,61,62)(H2,44,47,48)(H2,56,57,58)/p-4/b9-8-,12-11-,15-14-,18-17-,21-20-,23-22+/t32-,36-,37-,38+,42-/m1/s1. The predicted molar refractivity (Wildman–Crippen MR) is 256 cm³/mol. The van der Waals surface area contributed by atoms with Crippen LogP contribution in [0.25, 0.3) is 11.2 Å². The highest BCUT2D eigenvalue weighted by atomic mass is 32.2. The number of anilines is 1. The molecule has 2 aromatic rings. The molecule has 2 unspecified atom stereocenters. The number of unbranched alkanes of at least 4 members (excludes halogenated alkanes) is 3. The van der Waals surface area contributed by atoms with Crippen molar-refractivity contribution in [2.75, 3.05) is 37.8 Å². The Morgan fingerprint density at radius 2 is 1.54 bits per heavy atom. The molecule has 0 aromatic carbocycles. The third-order valence-electron chi connectivity index (χ3n) is 9.93. The number of nitrogens with zero attached hydrogens (tertiary/aromatic N) is 4. The van der Waals surface area contributed by atoms with E-state index in [4.69, 9.17) is 10.5 Å². The van der Waals surface area contributed by atoms with Gasteiger partial charge in [0.05, 0.1) is 27.4 Å². The molecule has 3 rings (SSSR count). The summed E-state index contributed by atoms with van der Waals surface area (Å²) in [6.45, 7) is 2.23. The minimum Gasteiger partial charge on any atom is -0.790 e. The number of aliphatic hydroxyl groups is 2. The molecule has 0 spiro atoms. The number of rotatable bonds is 33. The van der Waals surface area contributed by atoms with E-state index in [1.54, 1.807) is 12.2 Å². The molecule has 71 heavy (non-hydrogen) atoms. The monoisotopic (exact) mass is 1070 g/mol. The van der Waals surface area contributed by atoms with E-state index in [0.29, 0.717) is 0 Å². The number of thioether (sulfide) groups is 1. The van der Waals surface area contributed by atoms with Gasteiger partial charge in [0.1, 0.15) is 36.3 Å². The maximum Gasteiger partial charge on any atom is 0.274 e. The summed E-state index contributed by atoms with van der Waals surface area (Å²) in [6.07, 6.45) is 24.6. The topological polar surface area (TPSA) is 375 Å². The van der Waals surface area contributed by atoms with Crippen molar-refractivity contribution in [2.24, 2.45) is 5.41 Å². The summed E-state index contributed by atoms with van der Waals surface area (Å²) < 4.78 is 60.8. The molecule has 28 heteroatoms. The van der Waals surface area contributed by atoms with Crippen molar-refractivity contribution < 1.29 is 80.5 Å². The fourth-order valence-electron chi connectivity index (χ4n) is 6.22. The normalized spacial score (nSPS) is 20.3. The molecular formula is C43H62N7O17P3S-4. The summed E-state index contributed by atoms with van der Waals surface area (Å²) in [5.41, 5.74) is 4.07. The first-order valence-electron chi connectivity index (χ1n) is 22.5. The highest BCUT2D eigenvalue weighted by molar-refractivity contribution is 8.14. The molecule has 1 aliphatic heterocycles. The Morgan fingerprint density at radius 3 is 2.18 bits per heavy atom. The van der Waals surface area contributed by atoms with Crippen LogP contribution in [-0.4, -0.2) is 103 Å². The van der Waals surface area contributed by atoms with Gasteiger partial charge in [-0.2, -0.15) is 0 Å². The third kappa shape index (κ3) is 23.6. The lowest BCUT2D eigenvalue weighted by molar-refractivity contribution is -0.347. The fourth-order valence-corrected chi connectivity index (χ4v) is 9.53. The van der Waals surface area contributed by atoms with Crippen molar-refractivity contribution in [3.8, 4) is 0 Å². The van der Waals surface area contributed by atoms with Crippen LogP contribution in [0.2, 0.25) is 0 Å². The van der Waals surface area contributed by atoms with E-state index in [1.165, 1.54) is 39.2 Å². The summed E-state index contributed by atoms with van der Waals surface area (Å²) in [5, 5.41) is 26.2. The molecule has 0 bridgehead atoms. The molecule has 24 nitrogen and oxygen atoms in total. The number of carbonyl (C=O) groups excluding carboxylic acids is 3. The predicted octanol–water partition coefficient (Wildman–Crippen LogP) is 2.61. The highest BCUT2D eigenvalue weighted by Crippen LogP contribution is 2.56. The molecule has 6 N–H and O–H groups in total. The summed E-state index contributed by atoms with van der Waals surface area (Å²) in [4.78, 5) is 96.8. The van der Waals surface area contributed by atoms with E-state index >= 15 is 0 Å². The van der Waals surface area contributed by atoms with Gasteiger partial charge in [-0.15, -0.1) is 0 Å². The number of nitrogens with two attached hydrogens (primary N) is 1. The molecule has 3 heterocycles.